The van der Waals surface area contributed by atoms with Crippen LogP contribution in [0.4, 0.5) is 0 Å². The van der Waals surface area contributed by atoms with Gasteiger partial charge in [-0.2, -0.15) is 4.37 Å². The summed E-state index contributed by atoms with van der Waals surface area (Å²) in [7, 11) is 1.98. The third-order valence-electron chi connectivity index (χ3n) is 1.73. The smallest absolute Gasteiger partial charge is 0.129 e. The summed E-state index contributed by atoms with van der Waals surface area (Å²) in [6.07, 6.45) is 3.75. The predicted molar refractivity (Wildman–Crippen MR) is 46.8 cm³/mol. The first kappa shape index (κ1) is 8.62. The molecular weight excluding hydrogens is 158 g/mol. The zero-order chi connectivity index (χ0) is 8.10. The van der Waals surface area contributed by atoms with E-state index >= 15 is 0 Å². The Labute approximate surface area is 71.0 Å². The summed E-state index contributed by atoms with van der Waals surface area (Å²) in [5, 5.41) is 4.35. The molecule has 62 valence electrons. The Kier molecular flexibility index (Phi) is 3.45. The van der Waals surface area contributed by atoms with Crippen molar-refractivity contribution in [1.82, 2.24) is 14.7 Å². The van der Waals surface area contributed by atoms with Gasteiger partial charge in [0.05, 0.1) is 0 Å². The minimum absolute atomic E-state index is 0.544. The Morgan fingerprint density at radius 3 is 3.00 bits per heavy atom. The monoisotopic (exact) mass is 171 g/mol. The lowest BCUT2D eigenvalue weighted by atomic mass is 10.2. The molecule has 1 N–H and O–H groups in total. The van der Waals surface area contributed by atoms with Crippen molar-refractivity contribution in [2.45, 2.75) is 25.8 Å². The quantitative estimate of drug-likeness (QED) is 0.736. The third kappa shape index (κ3) is 2.55. The Balaban J connectivity index is 2.41. The van der Waals surface area contributed by atoms with Gasteiger partial charge < -0.3 is 5.32 Å². The highest BCUT2D eigenvalue weighted by molar-refractivity contribution is 7.05. The number of rotatable bonds is 4. The Morgan fingerprint density at radius 1 is 1.73 bits per heavy atom. The van der Waals surface area contributed by atoms with Gasteiger partial charge in [-0.1, -0.05) is 6.92 Å². The highest BCUT2D eigenvalue weighted by Gasteiger charge is 2.05. The third-order valence-corrected chi connectivity index (χ3v) is 2.41. The molecule has 0 amide bonds. The summed E-state index contributed by atoms with van der Waals surface area (Å²) < 4.78 is 3.95. The molecule has 1 aromatic heterocycles. The Morgan fingerprint density at radius 2 is 2.55 bits per heavy atom. The van der Waals surface area contributed by atoms with E-state index in [1.807, 2.05) is 7.05 Å². The van der Waals surface area contributed by atoms with Gasteiger partial charge in [0.15, 0.2) is 0 Å². The second-order valence-corrected chi connectivity index (χ2v) is 3.30. The van der Waals surface area contributed by atoms with E-state index in [0.29, 0.717) is 6.04 Å². The van der Waals surface area contributed by atoms with Crippen molar-refractivity contribution in [2.75, 3.05) is 7.05 Å². The molecule has 0 aliphatic rings. The average Bonchev–Trinajstić information content (AvgIpc) is 2.52. The van der Waals surface area contributed by atoms with E-state index < -0.39 is 0 Å². The van der Waals surface area contributed by atoms with Crippen LogP contribution in [0.25, 0.3) is 0 Å². The zero-order valence-corrected chi connectivity index (χ0v) is 7.69. The lowest BCUT2D eigenvalue weighted by molar-refractivity contribution is 0.542. The molecule has 1 atom stereocenters. The van der Waals surface area contributed by atoms with Crippen LogP contribution in [-0.2, 0) is 6.42 Å². The highest BCUT2D eigenvalue weighted by Crippen LogP contribution is 2.05. The molecule has 4 heteroatoms. The largest absolute Gasteiger partial charge is 0.317 e. The van der Waals surface area contributed by atoms with Gasteiger partial charge in [0, 0.05) is 12.5 Å². The van der Waals surface area contributed by atoms with Crippen LogP contribution in [0.2, 0.25) is 0 Å². The van der Waals surface area contributed by atoms with Crippen LogP contribution in [0.3, 0.4) is 0 Å². The van der Waals surface area contributed by atoms with E-state index in [1.165, 1.54) is 11.5 Å². The first-order valence-electron chi connectivity index (χ1n) is 3.79. The maximum Gasteiger partial charge on any atom is 0.129 e. The molecule has 0 radical (unpaired) electrons. The van der Waals surface area contributed by atoms with Crippen molar-refractivity contribution < 1.29 is 0 Å². The van der Waals surface area contributed by atoms with E-state index in [1.54, 1.807) is 6.33 Å². The average molecular weight is 171 g/mol. The minimum Gasteiger partial charge on any atom is -0.317 e. The van der Waals surface area contributed by atoms with E-state index in [9.17, 15) is 0 Å². The van der Waals surface area contributed by atoms with Gasteiger partial charge in [-0.15, -0.1) is 0 Å². The summed E-state index contributed by atoms with van der Waals surface area (Å²) in [6, 6.07) is 0.544. The maximum atomic E-state index is 4.12. The topological polar surface area (TPSA) is 37.8 Å². The van der Waals surface area contributed by atoms with Crippen LogP contribution in [0.5, 0.6) is 0 Å². The van der Waals surface area contributed by atoms with Gasteiger partial charge in [0.1, 0.15) is 11.3 Å². The van der Waals surface area contributed by atoms with Crippen molar-refractivity contribution in [3.63, 3.8) is 0 Å². The molecule has 0 aliphatic heterocycles. The standard InChI is InChI=1S/C7H13N3S/c1-3-6(8-2)4-7-9-5-10-11-7/h5-6,8H,3-4H2,1-2H3. The van der Waals surface area contributed by atoms with Crippen molar-refractivity contribution in [1.29, 1.82) is 0 Å². The van der Waals surface area contributed by atoms with Crippen molar-refractivity contribution >= 4 is 11.5 Å². The fraction of sp³-hybridized carbons (Fsp3) is 0.714. The van der Waals surface area contributed by atoms with Gasteiger partial charge in [-0.3, -0.25) is 0 Å². The van der Waals surface area contributed by atoms with Gasteiger partial charge in [0.25, 0.3) is 0 Å². The van der Waals surface area contributed by atoms with E-state index in [2.05, 4.69) is 21.6 Å². The number of hydrogen-bond acceptors (Lipinski definition) is 4. The summed E-state index contributed by atoms with van der Waals surface area (Å²) >= 11 is 1.48. The molecule has 0 aliphatic carbocycles. The van der Waals surface area contributed by atoms with Crippen LogP contribution >= 0.6 is 11.5 Å². The number of nitrogens with one attached hydrogen (secondary N) is 1. The number of nitrogens with zero attached hydrogens (tertiary/aromatic N) is 2. The molecule has 0 saturated carbocycles. The van der Waals surface area contributed by atoms with E-state index in [0.717, 1.165) is 17.8 Å². The second-order valence-electron chi connectivity index (χ2n) is 2.43. The van der Waals surface area contributed by atoms with Crippen LogP contribution in [-0.4, -0.2) is 22.4 Å². The Hall–Kier alpha value is -0.480. The lowest BCUT2D eigenvalue weighted by Crippen LogP contribution is -2.26. The van der Waals surface area contributed by atoms with E-state index in [-0.39, 0.29) is 0 Å². The molecular formula is C7H13N3S. The molecule has 1 unspecified atom stereocenters. The van der Waals surface area contributed by atoms with Gasteiger partial charge in [-0.25, -0.2) is 4.98 Å². The minimum atomic E-state index is 0.544. The first-order valence-corrected chi connectivity index (χ1v) is 4.57. The molecule has 1 aromatic rings. The fourth-order valence-electron chi connectivity index (χ4n) is 0.947. The SMILES string of the molecule is CCC(Cc1ncns1)NC. The summed E-state index contributed by atoms with van der Waals surface area (Å²) in [5.41, 5.74) is 0. The molecule has 1 heterocycles. The second kappa shape index (κ2) is 4.41. The molecule has 0 bridgehead atoms. The summed E-state index contributed by atoms with van der Waals surface area (Å²) in [4.78, 5) is 4.12. The van der Waals surface area contributed by atoms with Gasteiger partial charge >= 0.3 is 0 Å². The lowest BCUT2D eigenvalue weighted by Gasteiger charge is -2.10. The predicted octanol–water partition coefficient (Wildman–Crippen LogP) is 1.08. The first-order chi connectivity index (χ1) is 5.36. The molecule has 0 aromatic carbocycles. The van der Waals surface area contributed by atoms with Crippen molar-refractivity contribution in [3.05, 3.63) is 11.3 Å². The maximum absolute atomic E-state index is 4.12. The molecule has 0 fully saturated rings. The normalized spacial score (nSPS) is 13.3. The summed E-state index contributed by atoms with van der Waals surface area (Å²) in [6.45, 7) is 2.17. The molecule has 3 nitrogen and oxygen atoms in total. The summed E-state index contributed by atoms with van der Waals surface area (Å²) in [5.74, 6) is 0. The molecule has 11 heavy (non-hydrogen) atoms. The van der Waals surface area contributed by atoms with Crippen molar-refractivity contribution in [3.8, 4) is 0 Å². The van der Waals surface area contributed by atoms with Crippen LogP contribution in [0.15, 0.2) is 6.33 Å². The number of hydrogen-bond donors (Lipinski definition) is 1. The van der Waals surface area contributed by atoms with Crippen LogP contribution < -0.4 is 5.32 Å². The van der Waals surface area contributed by atoms with Gasteiger partial charge in [-0.05, 0) is 25.0 Å². The van der Waals surface area contributed by atoms with Gasteiger partial charge in [0.2, 0.25) is 0 Å². The molecule has 1 rings (SSSR count). The zero-order valence-electron chi connectivity index (χ0n) is 6.87. The van der Waals surface area contributed by atoms with Crippen molar-refractivity contribution in [2.24, 2.45) is 0 Å². The van der Waals surface area contributed by atoms with E-state index in [4.69, 9.17) is 0 Å². The molecule has 0 saturated heterocycles. The van der Waals surface area contributed by atoms with Crippen LogP contribution in [0, 0.1) is 0 Å². The molecule has 0 spiro atoms. The fourth-order valence-corrected chi connectivity index (χ4v) is 1.53. The highest BCUT2D eigenvalue weighted by atomic mass is 32.1. The number of aromatic nitrogens is 2. The number of likely N-dealkylation sites (N-methyl/N-ethyl adjacent to an activating group) is 1. The Bertz CT molecular complexity index is 182. The van der Waals surface area contributed by atoms with Crippen LogP contribution in [0.1, 0.15) is 18.4 Å².